The number of halogens is 2. The Kier molecular flexibility index (Phi) is 7.44. The number of amidine groups is 1. The van der Waals surface area contributed by atoms with Crippen LogP contribution in [0, 0.1) is 17.6 Å². The monoisotopic (exact) mass is 495 g/mol. The molecular weight excluding hydrogens is 468 g/mol. The molecule has 0 aliphatic carbocycles. The van der Waals surface area contributed by atoms with E-state index in [0.29, 0.717) is 41.2 Å². The maximum Gasteiger partial charge on any atom is 0.334 e. The Morgan fingerprint density at radius 1 is 1.11 bits per heavy atom. The zero-order chi connectivity index (χ0) is 25.8. The standard InChI is InChI=1S/C26H27F2N5O3/c1-3-36-26(35)22-11-21(15-4-6-19(7-5-15)31-14(2)34)23(24(29)16-12-30-13-16)25(33-22)32-20-9-17(27)8-18(28)10-20/h4-11,16,22,30H,3,12-13,29H2,1-2H3,(H,31,34)(H,32,33). The largest absolute Gasteiger partial charge is 0.464 e. The fourth-order valence-corrected chi connectivity index (χ4v) is 4.00. The lowest BCUT2D eigenvalue weighted by Gasteiger charge is -2.32. The Morgan fingerprint density at radius 2 is 1.78 bits per heavy atom. The van der Waals surface area contributed by atoms with Crippen LogP contribution >= 0.6 is 0 Å². The van der Waals surface area contributed by atoms with Crippen LogP contribution in [0.1, 0.15) is 19.4 Å². The number of ether oxygens (including phenoxy) is 1. The Bertz CT molecular complexity index is 1250. The number of esters is 1. The number of hydrogen-bond acceptors (Lipinski definition) is 7. The Hall–Kier alpha value is -4.05. The molecule has 1 saturated heterocycles. The number of nitrogens with zero attached hydrogens (tertiary/aromatic N) is 1. The molecule has 0 radical (unpaired) electrons. The first kappa shape index (κ1) is 25.1. The third kappa shape index (κ3) is 5.60. The zero-order valence-corrected chi connectivity index (χ0v) is 19.9. The number of amides is 1. The minimum absolute atomic E-state index is 0.0115. The van der Waals surface area contributed by atoms with Gasteiger partial charge in [0.1, 0.15) is 17.5 Å². The van der Waals surface area contributed by atoms with E-state index in [1.54, 1.807) is 37.3 Å². The number of aliphatic imine (C=N–C) groups is 1. The summed E-state index contributed by atoms with van der Waals surface area (Å²) >= 11 is 0. The lowest BCUT2D eigenvalue weighted by molar-refractivity contribution is -0.143. The minimum atomic E-state index is -1.01. The topological polar surface area (TPSA) is 118 Å². The second-order valence-corrected chi connectivity index (χ2v) is 8.48. The van der Waals surface area contributed by atoms with Gasteiger partial charge < -0.3 is 26.4 Å². The molecule has 4 rings (SSSR count). The van der Waals surface area contributed by atoms with Gasteiger partial charge in [-0.3, -0.25) is 4.79 Å². The number of hydrogen-bond donors (Lipinski definition) is 4. The first-order chi connectivity index (χ1) is 17.2. The molecule has 0 bridgehead atoms. The molecule has 188 valence electrons. The minimum Gasteiger partial charge on any atom is -0.464 e. The predicted octanol–water partition coefficient (Wildman–Crippen LogP) is 3.19. The predicted molar refractivity (Wildman–Crippen MR) is 134 cm³/mol. The van der Waals surface area contributed by atoms with E-state index in [1.807, 2.05) is 0 Å². The van der Waals surface area contributed by atoms with Crippen LogP contribution in [0.2, 0.25) is 0 Å². The van der Waals surface area contributed by atoms with Crippen molar-refractivity contribution in [2.24, 2.45) is 16.6 Å². The molecule has 1 atom stereocenters. The van der Waals surface area contributed by atoms with Crippen LogP contribution in [0.4, 0.5) is 20.2 Å². The molecule has 0 spiro atoms. The van der Waals surface area contributed by atoms with Gasteiger partial charge in [0.05, 0.1) is 6.61 Å². The number of nitrogens with one attached hydrogen (secondary N) is 3. The molecule has 0 aromatic heterocycles. The van der Waals surface area contributed by atoms with Crippen molar-refractivity contribution in [3.05, 3.63) is 77.0 Å². The third-order valence-corrected chi connectivity index (χ3v) is 5.78. The molecule has 0 saturated carbocycles. The van der Waals surface area contributed by atoms with Crippen molar-refractivity contribution < 1.29 is 23.1 Å². The Balaban J connectivity index is 1.83. The van der Waals surface area contributed by atoms with Gasteiger partial charge in [-0.15, -0.1) is 0 Å². The number of anilines is 2. The summed E-state index contributed by atoms with van der Waals surface area (Å²) in [5, 5.41) is 8.86. The molecule has 10 heteroatoms. The Morgan fingerprint density at radius 3 is 2.33 bits per heavy atom. The molecule has 2 heterocycles. The van der Waals surface area contributed by atoms with E-state index in [4.69, 9.17) is 10.5 Å². The van der Waals surface area contributed by atoms with E-state index in [0.717, 1.165) is 18.2 Å². The maximum absolute atomic E-state index is 13.9. The first-order valence-electron chi connectivity index (χ1n) is 11.5. The highest BCUT2D eigenvalue weighted by Gasteiger charge is 2.32. The molecule has 2 aliphatic heterocycles. The fraction of sp³-hybridized carbons (Fsp3) is 0.269. The molecule has 5 N–H and O–H groups in total. The second-order valence-electron chi connectivity index (χ2n) is 8.48. The molecule has 1 fully saturated rings. The lowest BCUT2D eigenvalue weighted by Crippen LogP contribution is -2.46. The summed E-state index contributed by atoms with van der Waals surface area (Å²) < 4.78 is 33.0. The van der Waals surface area contributed by atoms with E-state index in [9.17, 15) is 18.4 Å². The van der Waals surface area contributed by atoms with Crippen molar-refractivity contribution in [2.75, 3.05) is 30.3 Å². The van der Waals surface area contributed by atoms with Crippen molar-refractivity contribution >= 4 is 34.7 Å². The van der Waals surface area contributed by atoms with Crippen molar-refractivity contribution in [1.29, 1.82) is 0 Å². The SMILES string of the molecule is CCOC(=O)C1C=C(c2ccc(NC(C)=O)cc2)C(=C(N)C2CNC2)C(Nc2cc(F)cc(F)c2)=N1. The highest BCUT2D eigenvalue weighted by Crippen LogP contribution is 2.34. The van der Waals surface area contributed by atoms with Crippen LogP contribution in [0.5, 0.6) is 0 Å². The number of carbonyl (C=O) groups is 2. The summed E-state index contributed by atoms with van der Waals surface area (Å²) in [6.07, 6.45) is 1.66. The summed E-state index contributed by atoms with van der Waals surface area (Å²) in [6.45, 7) is 4.59. The van der Waals surface area contributed by atoms with Gasteiger partial charge >= 0.3 is 5.97 Å². The van der Waals surface area contributed by atoms with Crippen LogP contribution in [0.15, 0.2) is 64.8 Å². The van der Waals surface area contributed by atoms with Crippen molar-refractivity contribution in [3.8, 4) is 0 Å². The van der Waals surface area contributed by atoms with Crippen LogP contribution in [-0.4, -0.2) is 43.5 Å². The molecule has 1 amide bonds. The summed E-state index contributed by atoms with van der Waals surface area (Å²) in [5.41, 5.74) is 9.72. The second kappa shape index (κ2) is 10.7. The normalized spacial score (nSPS) is 18.9. The van der Waals surface area contributed by atoms with Crippen molar-refractivity contribution in [3.63, 3.8) is 0 Å². The number of benzene rings is 2. The highest BCUT2D eigenvalue weighted by molar-refractivity contribution is 6.21. The molecule has 2 aromatic rings. The number of dihydropyridines is 1. The van der Waals surface area contributed by atoms with Crippen LogP contribution < -0.4 is 21.7 Å². The van der Waals surface area contributed by atoms with E-state index >= 15 is 0 Å². The molecule has 2 aliphatic rings. The average Bonchev–Trinajstić information content (AvgIpc) is 2.77. The van der Waals surface area contributed by atoms with E-state index in [-0.39, 0.29) is 30.0 Å². The van der Waals surface area contributed by atoms with Gasteiger partial charge in [0.15, 0.2) is 6.04 Å². The van der Waals surface area contributed by atoms with Crippen molar-refractivity contribution in [1.82, 2.24) is 5.32 Å². The molecule has 8 nitrogen and oxygen atoms in total. The van der Waals surface area contributed by atoms with Gasteiger partial charge in [0.25, 0.3) is 0 Å². The quantitative estimate of drug-likeness (QED) is 0.457. The number of nitrogens with two attached hydrogens (primary N) is 1. The first-order valence-corrected chi connectivity index (χ1v) is 11.5. The zero-order valence-electron chi connectivity index (χ0n) is 19.9. The van der Waals surface area contributed by atoms with E-state index < -0.39 is 23.6 Å². The average molecular weight is 496 g/mol. The summed E-state index contributed by atoms with van der Waals surface area (Å²) in [6, 6.07) is 9.06. The van der Waals surface area contributed by atoms with Crippen LogP contribution in [0.25, 0.3) is 5.57 Å². The smallest absolute Gasteiger partial charge is 0.334 e. The highest BCUT2D eigenvalue weighted by atomic mass is 19.1. The van der Waals surface area contributed by atoms with Gasteiger partial charge in [0.2, 0.25) is 5.91 Å². The van der Waals surface area contributed by atoms with Gasteiger partial charge in [-0.05, 0) is 48.4 Å². The maximum atomic E-state index is 13.9. The lowest BCUT2D eigenvalue weighted by atomic mass is 9.86. The fourth-order valence-electron chi connectivity index (χ4n) is 4.00. The third-order valence-electron chi connectivity index (χ3n) is 5.78. The number of carbonyl (C=O) groups excluding carboxylic acids is 2. The molecular formula is C26H27F2N5O3. The molecule has 2 aromatic carbocycles. The Labute approximate surface area is 207 Å². The van der Waals surface area contributed by atoms with Gasteiger partial charge in [-0.2, -0.15) is 0 Å². The summed E-state index contributed by atoms with van der Waals surface area (Å²) in [4.78, 5) is 28.7. The van der Waals surface area contributed by atoms with Gasteiger partial charge in [0, 0.05) is 54.6 Å². The van der Waals surface area contributed by atoms with Gasteiger partial charge in [-0.25, -0.2) is 18.6 Å². The van der Waals surface area contributed by atoms with E-state index in [2.05, 4.69) is 20.9 Å². The van der Waals surface area contributed by atoms with Crippen molar-refractivity contribution in [2.45, 2.75) is 19.9 Å². The summed E-state index contributed by atoms with van der Waals surface area (Å²) in [7, 11) is 0. The molecule has 1 unspecified atom stereocenters. The van der Waals surface area contributed by atoms with Crippen LogP contribution in [0.3, 0.4) is 0 Å². The van der Waals surface area contributed by atoms with Gasteiger partial charge in [-0.1, -0.05) is 12.1 Å². The van der Waals surface area contributed by atoms with Crippen LogP contribution in [-0.2, 0) is 14.3 Å². The summed E-state index contributed by atoms with van der Waals surface area (Å²) in [5.74, 6) is -2.09. The molecule has 36 heavy (non-hydrogen) atoms. The van der Waals surface area contributed by atoms with E-state index in [1.165, 1.54) is 6.92 Å². The number of rotatable bonds is 6.